The van der Waals surface area contributed by atoms with Gasteiger partial charge in [0.25, 0.3) is 0 Å². The molecule has 2 nitrogen and oxygen atoms in total. The van der Waals surface area contributed by atoms with Crippen molar-refractivity contribution in [2.45, 2.75) is 6.92 Å². The van der Waals surface area contributed by atoms with E-state index in [9.17, 15) is 0 Å². The maximum absolute atomic E-state index is 8.36. The van der Waals surface area contributed by atoms with Crippen LogP contribution in [0.3, 0.4) is 0 Å². The zero-order chi connectivity index (χ0) is 7.40. The molecule has 0 heterocycles. The van der Waals surface area contributed by atoms with Gasteiger partial charge in [0.2, 0.25) is 0 Å². The summed E-state index contributed by atoms with van der Waals surface area (Å²) in [5.74, 6) is 0. The molecule has 0 spiro atoms. The highest BCUT2D eigenvalue weighted by Crippen LogP contribution is 1.98. The summed E-state index contributed by atoms with van der Waals surface area (Å²) in [7, 11) is 0. The van der Waals surface area contributed by atoms with Crippen molar-refractivity contribution >= 4 is 5.71 Å². The normalized spacial score (nSPS) is 11.5. The number of rotatable bonds is 1. The van der Waals surface area contributed by atoms with Gasteiger partial charge in [0, 0.05) is 5.56 Å². The van der Waals surface area contributed by atoms with Crippen LogP contribution in [0.1, 0.15) is 12.5 Å². The van der Waals surface area contributed by atoms with E-state index in [1.54, 1.807) is 13.0 Å². The monoisotopic (exact) mass is 134 g/mol. The molecule has 0 saturated carbocycles. The van der Waals surface area contributed by atoms with Gasteiger partial charge in [-0.3, -0.25) is 0 Å². The van der Waals surface area contributed by atoms with Crippen LogP contribution in [-0.4, -0.2) is 10.9 Å². The van der Waals surface area contributed by atoms with E-state index in [0.29, 0.717) is 5.71 Å². The first-order valence-electron chi connectivity index (χ1n) is 3.00. The first-order valence-corrected chi connectivity index (χ1v) is 3.00. The van der Waals surface area contributed by atoms with Crippen LogP contribution >= 0.6 is 0 Å². The molecule has 1 aromatic carbocycles. The second-order valence-electron chi connectivity index (χ2n) is 1.96. The third kappa shape index (κ3) is 1.35. The van der Waals surface area contributed by atoms with E-state index in [1.807, 2.05) is 18.2 Å². The van der Waals surface area contributed by atoms with Crippen LogP contribution in [0.15, 0.2) is 29.4 Å². The SMILES string of the molecule is C/C(=N\O)c1[c]cccc1. The topological polar surface area (TPSA) is 32.6 Å². The minimum atomic E-state index is 0.584. The van der Waals surface area contributed by atoms with Crippen LogP contribution in [0.4, 0.5) is 0 Å². The maximum Gasteiger partial charge on any atom is 0.0843 e. The Hall–Kier alpha value is -1.31. The predicted octanol–water partition coefficient (Wildman–Crippen LogP) is 1.68. The van der Waals surface area contributed by atoms with Crippen LogP contribution in [0.25, 0.3) is 0 Å². The molecule has 0 amide bonds. The third-order valence-corrected chi connectivity index (χ3v) is 1.25. The predicted molar refractivity (Wildman–Crippen MR) is 39.3 cm³/mol. The van der Waals surface area contributed by atoms with Crippen LogP contribution in [0, 0.1) is 6.07 Å². The number of hydrogen-bond donors (Lipinski definition) is 1. The molecule has 0 aliphatic rings. The average molecular weight is 134 g/mol. The number of oxime groups is 1. The van der Waals surface area contributed by atoms with E-state index >= 15 is 0 Å². The lowest BCUT2D eigenvalue weighted by Crippen LogP contribution is -1.92. The second-order valence-corrected chi connectivity index (χ2v) is 1.96. The van der Waals surface area contributed by atoms with E-state index in [-0.39, 0.29) is 0 Å². The Balaban J connectivity index is 2.96. The average Bonchev–Trinajstić information content (AvgIpc) is 2.05. The zero-order valence-electron chi connectivity index (χ0n) is 5.70. The van der Waals surface area contributed by atoms with E-state index in [4.69, 9.17) is 5.21 Å². The van der Waals surface area contributed by atoms with Crippen molar-refractivity contribution in [3.8, 4) is 0 Å². The smallest absolute Gasteiger partial charge is 0.0843 e. The summed E-state index contributed by atoms with van der Waals surface area (Å²) in [5, 5.41) is 11.4. The zero-order valence-corrected chi connectivity index (χ0v) is 5.70. The minimum Gasteiger partial charge on any atom is -0.411 e. The fourth-order valence-corrected chi connectivity index (χ4v) is 0.672. The van der Waals surface area contributed by atoms with Crippen molar-refractivity contribution in [3.05, 3.63) is 35.9 Å². The summed E-state index contributed by atoms with van der Waals surface area (Å²) in [4.78, 5) is 0. The number of nitrogens with zero attached hydrogens (tertiary/aromatic N) is 1. The Bertz CT molecular complexity index is 228. The molecule has 1 aromatic rings. The molecule has 51 valence electrons. The molecule has 1 N–H and O–H groups in total. The fraction of sp³-hybridized carbons (Fsp3) is 0.125. The van der Waals surface area contributed by atoms with Gasteiger partial charge < -0.3 is 5.21 Å². The number of benzene rings is 1. The van der Waals surface area contributed by atoms with Crippen LogP contribution in [0.2, 0.25) is 0 Å². The molecule has 1 radical (unpaired) electrons. The summed E-state index contributed by atoms with van der Waals surface area (Å²) in [6.45, 7) is 1.73. The summed E-state index contributed by atoms with van der Waals surface area (Å²) in [6.07, 6.45) is 0. The minimum absolute atomic E-state index is 0.584. The first-order chi connectivity index (χ1) is 4.84. The molecule has 0 aliphatic heterocycles. The van der Waals surface area contributed by atoms with Crippen molar-refractivity contribution in [3.63, 3.8) is 0 Å². The van der Waals surface area contributed by atoms with Gasteiger partial charge in [-0.2, -0.15) is 0 Å². The molecular weight excluding hydrogens is 126 g/mol. The van der Waals surface area contributed by atoms with Crippen molar-refractivity contribution in [1.29, 1.82) is 0 Å². The van der Waals surface area contributed by atoms with Gasteiger partial charge >= 0.3 is 0 Å². The Morgan fingerprint density at radius 3 is 2.90 bits per heavy atom. The molecule has 0 aromatic heterocycles. The molecular formula is C8H8NO. The van der Waals surface area contributed by atoms with Gasteiger partial charge in [-0.25, -0.2) is 0 Å². The highest BCUT2D eigenvalue weighted by molar-refractivity contribution is 5.97. The van der Waals surface area contributed by atoms with Gasteiger partial charge in [-0.1, -0.05) is 29.4 Å². The van der Waals surface area contributed by atoms with Crippen molar-refractivity contribution in [1.82, 2.24) is 0 Å². The molecule has 0 atom stereocenters. The molecule has 10 heavy (non-hydrogen) atoms. The highest BCUT2D eigenvalue weighted by Gasteiger charge is 1.93. The van der Waals surface area contributed by atoms with Crippen LogP contribution in [-0.2, 0) is 0 Å². The molecule has 0 aliphatic carbocycles. The largest absolute Gasteiger partial charge is 0.411 e. The molecule has 0 fully saturated rings. The molecule has 0 bridgehead atoms. The standard InChI is InChI=1S/C8H8NO/c1-7(9-10)8-5-3-2-4-6-8/h2-5,10H,1H3/b9-7+. The first kappa shape index (κ1) is 6.81. The Morgan fingerprint density at radius 1 is 1.60 bits per heavy atom. The Morgan fingerprint density at radius 2 is 2.40 bits per heavy atom. The molecule has 1 rings (SSSR count). The van der Waals surface area contributed by atoms with Crippen molar-refractivity contribution in [2.24, 2.45) is 5.16 Å². The highest BCUT2D eigenvalue weighted by atomic mass is 16.4. The molecule has 0 unspecified atom stereocenters. The van der Waals surface area contributed by atoms with E-state index < -0.39 is 0 Å². The van der Waals surface area contributed by atoms with E-state index in [0.717, 1.165) is 5.56 Å². The molecule has 2 heteroatoms. The summed E-state index contributed by atoms with van der Waals surface area (Å²) < 4.78 is 0. The van der Waals surface area contributed by atoms with Gasteiger partial charge in [0.1, 0.15) is 0 Å². The maximum atomic E-state index is 8.36. The van der Waals surface area contributed by atoms with Crippen LogP contribution < -0.4 is 0 Å². The summed E-state index contributed by atoms with van der Waals surface area (Å²) in [5.41, 5.74) is 1.41. The van der Waals surface area contributed by atoms with Crippen molar-refractivity contribution in [2.75, 3.05) is 0 Å². The lowest BCUT2D eigenvalue weighted by molar-refractivity contribution is 0.319. The van der Waals surface area contributed by atoms with Gasteiger partial charge in [0.05, 0.1) is 5.71 Å². The van der Waals surface area contributed by atoms with E-state index in [2.05, 4.69) is 11.2 Å². The lowest BCUT2D eigenvalue weighted by Gasteiger charge is -1.93. The lowest BCUT2D eigenvalue weighted by atomic mass is 10.1. The van der Waals surface area contributed by atoms with Gasteiger partial charge in [-0.05, 0) is 13.0 Å². The Labute approximate surface area is 59.8 Å². The van der Waals surface area contributed by atoms with Gasteiger partial charge in [-0.15, -0.1) is 0 Å². The fourth-order valence-electron chi connectivity index (χ4n) is 0.672. The second kappa shape index (κ2) is 3.01. The summed E-state index contributed by atoms with van der Waals surface area (Å²) in [6, 6.07) is 10.3. The van der Waals surface area contributed by atoms with Crippen molar-refractivity contribution < 1.29 is 5.21 Å². The third-order valence-electron chi connectivity index (χ3n) is 1.25. The quantitative estimate of drug-likeness (QED) is 0.354. The van der Waals surface area contributed by atoms with Crippen LogP contribution in [0.5, 0.6) is 0 Å². The van der Waals surface area contributed by atoms with E-state index in [1.165, 1.54) is 0 Å². The van der Waals surface area contributed by atoms with Gasteiger partial charge in [0.15, 0.2) is 0 Å². The summed E-state index contributed by atoms with van der Waals surface area (Å²) >= 11 is 0. The number of hydrogen-bond acceptors (Lipinski definition) is 2. The Kier molecular flexibility index (Phi) is 2.05. The molecule has 0 saturated heterocycles.